The minimum absolute atomic E-state index is 0.0880. The molecule has 106 valence electrons. The maximum Gasteiger partial charge on any atom is 0.358 e. The predicted octanol–water partition coefficient (Wildman–Crippen LogP) is 1.73. The van der Waals surface area contributed by atoms with Crippen molar-refractivity contribution in [3.8, 4) is 11.3 Å². The van der Waals surface area contributed by atoms with Gasteiger partial charge < -0.3 is 10.8 Å². The average Bonchev–Trinajstić information content (AvgIpc) is 3.10. The quantitative estimate of drug-likeness (QED) is 0.711. The van der Waals surface area contributed by atoms with Crippen LogP contribution in [0.5, 0.6) is 0 Å². The zero-order chi connectivity index (χ0) is 14.8. The van der Waals surface area contributed by atoms with Crippen molar-refractivity contribution >= 4 is 23.0 Å². The Labute approximate surface area is 123 Å². The fourth-order valence-electron chi connectivity index (χ4n) is 1.96. The van der Waals surface area contributed by atoms with Crippen LogP contribution in [0.15, 0.2) is 35.2 Å². The van der Waals surface area contributed by atoms with Crippen LogP contribution in [0.2, 0.25) is 0 Å². The number of rotatable bonds is 4. The van der Waals surface area contributed by atoms with Gasteiger partial charge in [0.05, 0.1) is 17.7 Å². The van der Waals surface area contributed by atoms with E-state index in [0.717, 1.165) is 5.69 Å². The van der Waals surface area contributed by atoms with Crippen LogP contribution in [0.1, 0.15) is 16.2 Å². The molecule has 0 aliphatic carbocycles. The van der Waals surface area contributed by atoms with Gasteiger partial charge in [0.25, 0.3) is 0 Å². The number of carboxylic acids is 1. The van der Waals surface area contributed by atoms with Crippen LogP contribution in [0.4, 0.5) is 5.69 Å². The average molecular weight is 301 g/mol. The third kappa shape index (κ3) is 2.61. The van der Waals surface area contributed by atoms with E-state index in [-0.39, 0.29) is 5.69 Å². The van der Waals surface area contributed by atoms with Crippen molar-refractivity contribution in [2.75, 3.05) is 5.73 Å². The number of nitrogen functional groups attached to an aromatic ring is 1. The minimum atomic E-state index is -1.12. The van der Waals surface area contributed by atoms with Gasteiger partial charge in [0.1, 0.15) is 5.69 Å². The molecule has 2 aromatic heterocycles. The van der Waals surface area contributed by atoms with Crippen molar-refractivity contribution < 1.29 is 9.90 Å². The molecule has 7 nitrogen and oxygen atoms in total. The number of benzene rings is 1. The van der Waals surface area contributed by atoms with E-state index in [1.807, 2.05) is 5.38 Å². The van der Waals surface area contributed by atoms with Gasteiger partial charge in [-0.05, 0) is 12.1 Å². The Kier molecular flexibility index (Phi) is 3.36. The van der Waals surface area contributed by atoms with Gasteiger partial charge >= 0.3 is 5.97 Å². The Balaban J connectivity index is 2.08. The third-order valence-corrected chi connectivity index (χ3v) is 3.55. The molecule has 0 fully saturated rings. The van der Waals surface area contributed by atoms with Gasteiger partial charge in [0.2, 0.25) is 0 Å². The molecule has 0 amide bonds. The molecule has 0 atom stereocenters. The van der Waals surface area contributed by atoms with E-state index in [1.165, 1.54) is 16.0 Å². The lowest BCUT2D eigenvalue weighted by Gasteiger charge is -2.06. The van der Waals surface area contributed by atoms with Crippen molar-refractivity contribution in [3.05, 3.63) is 46.5 Å². The SMILES string of the molecule is Nc1ccc(-c2c(C(=O)O)nnn2Cc2cscn2)cc1. The maximum absolute atomic E-state index is 11.3. The van der Waals surface area contributed by atoms with Gasteiger partial charge in [-0.3, -0.25) is 0 Å². The Morgan fingerprint density at radius 3 is 2.71 bits per heavy atom. The van der Waals surface area contributed by atoms with E-state index in [2.05, 4.69) is 15.3 Å². The summed E-state index contributed by atoms with van der Waals surface area (Å²) in [7, 11) is 0. The standard InChI is InChI=1S/C13H11N5O2S/c14-9-3-1-8(2-4-9)12-11(13(19)20)16-17-18(12)5-10-6-21-7-15-10/h1-4,6-7H,5,14H2,(H,19,20). The number of thiazole rings is 1. The molecule has 0 aliphatic heterocycles. The molecule has 2 heterocycles. The first-order valence-corrected chi connectivity index (χ1v) is 6.99. The van der Waals surface area contributed by atoms with Crippen LogP contribution in [-0.2, 0) is 6.54 Å². The lowest BCUT2D eigenvalue weighted by molar-refractivity contribution is 0.0691. The van der Waals surface area contributed by atoms with Crippen LogP contribution >= 0.6 is 11.3 Å². The number of anilines is 1. The third-order valence-electron chi connectivity index (χ3n) is 2.92. The minimum Gasteiger partial charge on any atom is -0.476 e. The summed E-state index contributed by atoms with van der Waals surface area (Å²) >= 11 is 1.47. The fourth-order valence-corrected chi connectivity index (χ4v) is 2.51. The lowest BCUT2D eigenvalue weighted by Crippen LogP contribution is -2.06. The van der Waals surface area contributed by atoms with E-state index in [1.54, 1.807) is 29.8 Å². The highest BCUT2D eigenvalue weighted by Crippen LogP contribution is 2.24. The molecule has 8 heteroatoms. The summed E-state index contributed by atoms with van der Waals surface area (Å²) in [5, 5.41) is 18.8. The molecule has 1 aromatic carbocycles. The highest BCUT2D eigenvalue weighted by atomic mass is 32.1. The smallest absolute Gasteiger partial charge is 0.358 e. The second kappa shape index (κ2) is 5.33. The highest BCUT2D eigenvalue weighted by molar-refractivity contribution is 7.07. The molecule has 0 bridgehead atoms. The van der Waals surface area contributed by atoms with Crippen LogP contribution < -0.4 is 5.73 Å². The van der Waals surface area contributed by atoms with Crippen molar-refractivity contribution in [1.82, 2.24) is 20.0 Å². The highest BCUT2D eigenvalue weighted by Gasteiger charge is 2.20. The Morgan fingerprint density at radius 1 is 1.33 bits per heavy atom. The molecule has 3 rings (SSSR count). The second-order valence-electron chi connectivity index (χ2n) is 4.35. The summed E-state index contributed by atoms with van der Waals surface area (Å²) in [5.41, 5.74) is 9.84. The van der Waals surface area contributed by atoms with Gasteiger partial charge in [-0.25, -0.2) is 14.5 Å². The lowest BCUT2D eigenvalue weighted by atomic mass is 10.1. The number of carbonyl (C=O) groups is 1. The van der Waals surface area contributed by atoms with Crippen molar-refractivity contribution in [1.29, 1.82) is 0 Å². The molecule has 0 spiro atoms. The summed E-state index contributed by atoms with van der Waals surface area (Å²) in [6, 6.07) is 6.91. The summed E-state index contributed by atoms with van der Waals surface area (Å²) in [6.45, 7) is 0.365. The molecular formula is C13H11N5O2S. The predicted molar refractivity (Wildman–Crippen MR) is 78.0 cm³/mol. The van der Waals surface area contributed by atoms with Crippen LogP contribution in [0.25, 0.3) is 11.3 Å². The number of carboxylic acid groups (broad SMARTS) is 1. The van der Waals surface area contributed by atoms with Crippen LogP contribution in [0, 0.1) is 0 Å². The largest absolute Gasteiger partial charge is 0.476 e. The van der Waals surface area contributed by atoms with Crippen LogP contribution in [0.3, 0.4) is 0 Å². The Hall–Kier alpha value is -2.74. The molecule has 0 unspecified atom stereocenters. The molecular weight excluding hydrogens is 290 g/mol. The normalized spacial score (nSPS) is 10.7. The number of nitrogens with two attached hydrogens (primary N) is 1. The summed E-state index contributed by atoms with van der Waals surface area (Å²) < 4.78 is 1.53. The second-order valence-corrected chi connectivity index (χ2v) is 5.07. The number of hydrogen-bond donors (Lipinski definition) is 2. The van der Waals surface area contributed by atoms with Crippen molar-refractivity contribution in [2.24, 2.45) is 0 Å². The molecule has 0 aliphatic rings. The van der Waals surface area contributed by atoms with Gasteiger partial charge in [-0.15, -0.1) is 16.4 Å². The number of aromatic nitrogens is 4. The van der Waals surface area contributed by atoms with E-state index in [9.17, 15) is 9.90 Å². The van der Waals surface area contributed by atoms with Gasteiger partial charge in [-0.2, -0.15) is 0 Å². The van der Waals surface area contributed by atoms with Gasteiger partial charge in [0.15, 0.2) is 5.69 Å². The van der Waals surface area contributed by atoms with Crippen molar-refractivity contribution in [2.45, 2.75) is 6.54 Å². The molecule has 0 saturated carbocycles. The van der Waals surface area contributed by atoms with Crippen molar-refractivity contribution in [3.63, 3.8) is 0 Å². The zero-order valence-corrected chi connectivity index (χ0v) is 11.6. The fraction of sp³-hybridized carbons (Fsp3) is 0.0769. The van der Waals surface area contributed by atoms with E-state index in [4.69, 9.17) is 5.73 Å². The molecule has 0 saturated heterocycles. The Bertz CT molecular complexity index is 764. The number of nitrogens with zero attached hydrogens (tertiary/aromatic N) is 4. The number of hydrogen-bond acceptors (Lipinski definition) is 6. The molecule has 21 heavy (non-hydrogen) atoms. The first-order chi connectivity index (χ1) is 10.1. The maximum atomic E-state index is 11.3. The van der Waals surface area contributed by atoms with Gasteiger partial charge in [0, 0.05) is 16.6 Å². The zero-order valence-electron chi connectivity index (χ0n) is 10.8. The van der Waals surface area contributed by atoms with E-state index < -0.39 is 5.97 Å². The van der Waals surface area contributed by atoms with Crippen LogP contribution in [-0.4, -0.2) is 31.1 Å². The van der Waals surface area contributed by atoms with Gasteiger partial charge in [-0.1, -0.05) is 17.3 Å². The summed E-state index contributed by atoms with van der Waals surface area (Å²) in [6.07, 6.45) is 0. The van der Waals surface area contributed by atoms with E-state index >= 15 is 0 Å². The summed E-state index contributed by atoms with van der Waals surface area (Å²) in [5.74, 6) is -1.12. The monoisotopic (exact) mass is 301 g/mol. The summed E-state index contributed by atoms with van der Waals surface area (Å²) in [4.78, 5) is 15.5. The number of aromatic carboxylic acids is 1. The molecule has 3 aromatic rings. The molecule has 0 radical (unpaired) electrons. The first kappa shape index (κ1) is 13.3. The Morgan fingerprint density at radius 2 is 2.10 bits per heavy atom. The molecule has 3 N–H and O–H groups in total. The topological polar surface area (TPSA) is 107 Å². The first-order valence-electron chi connectivity index (χ1n) is 6.05. The van der Waals surface area contributed by atoms with E-state index in [0.29, 0.717) is 23.5 Å².